The molecule has 17 heavy (non-hydrogen) atoms. The molecule has 1 aromatic carbocycles. The molecular formula is C10H5Br2NO4. The fourth-order valence-corrected chi connectivity index (χ4v) is 1.55. The van der Waals surface area contributed by atoms with Crippen LogP contribution >= 0.6 is 31.9 Å². The lowest BCUT2D eigenvalue weighted by Gasteiger charge is -2.12. The highest BCUT2D eigenvalue weighted by atomic mass is 79.9. The lowest BCUT2D eigenvalue weighted by atomic mass is 10.1. The van der Waals surface area contributed by atoms with E-state index in [0.717, 1.165) is 0 Å². The third-order valence-electron chi connectivity index (χ3n) is 2.12. The van der Waals surface area contributed by atoms with Crippen LogP contribution in [0.4, 0.5) is 0 Å². The Bertz CT molecular complexity index is 480. The van der Waals surface area contributed by atoms with Crippen LogP contribution in [0.3, 0.4) is 0 Å². The maximum absolute atomic E-state index is 11.8. The molecule has 0 radical (unpaired) electrons. The summed E-state index contributed by atoms with van der Waals surface area (Å²) in [6.45, 7) is 0. The van der Waals surface area contributed by atoms with Gasteiger partial charge in [-0.3, -0.25) is 9.59 Å². The number of rotatable bonds is 2. The lowest BCUT2D eigenvalue weighted by Crippen LogP contribution is -2.34. The van der Waals surface area contributed by atoms with Crippen molar-refractivity contribution in [2.75, 3.05) is 0 Å². The Morgan fingerprint density at radius 2 is 1.59 bits per heavy atom. The van der Waals surface area contributed by atoms with Gasteiger partial charge >= 0.3 is 5.97 Å². The SMILES string of the molecule is O=C(ON1C(=O)c2ccccc2C1=O)C(Br)Br. The fraction of sp³-hybridized carbons (Fsp3) is 0.100. The number of imide groups is 1. The first-order valence-corrected chi connectivity index (χ1v) is 6.33. The Morgan fingerprint density at radius 1 is 1.12 bits per heavy atom. The number of fused-ring (bicyclic) bond motifs is 1. The zero-order chi connectivity index (χ0) is 12.6. The molecule has 0 bridgehead atoms. The first-order valence-electron chi connectivity index (χ1n) is 4.50. The van der Waals surface area contributed by atoms with Crippen LogP contribution in [0, 0.1) is 0 Å². The largest absolute Gasteiger partial charge is 0.357 e. The van der Waals surface area contributed by atoms with E-state index in [1.165, 1.54) is 12.1 Å². The predicted octanol–water partition coefficient (Wildman–Crippen LogP) is 1.86. The van der Waals surface area contributed by atoms with Gasteiger partial charge in [0, 0.05) is 0 Å². The molecule has 0 unspecified atom stereocenters. The van der Waals surface area contributed by atoms with Crippen LogP contribution in [-0.2, 0) is 9.63 Å². The topological polar surface area (TPSA) is 63.7 Å². The second-order valence-corrected chi connectivity index (χ2v) is 6.22. The van der Waals surface area contributed by atoms with Gasteiger partial charge in [0.25, 0.3) is 11.8 Å². The maximum atomic E-state index is 11.8. The summed E-state index contributed by atoms with van der Waals surface area (Å²) in [6, 6.07) is 6.27. The Morgan fingerprint density at radius 3 is 2.00 bits per heavy atom. The second kappa shape index (κ2) is 4.58. The van der Waals surface area contributed by atoms with E-state index in [1.807, 2.05) is 0 Å². The summed E-state index contributed by atoms with van der Waals surface area (Å²) in [5.74, 6) is -2.06. The van der Waals surface area contributed by atoms with Crippen LogP contribution in [0.25, 0.3) is 0 Å². The van der Waals surface area contributed by atoms with Gasteiger partial charge < -0.3 is 4.84 Å². The molecule has 0 fully saturated rings. The summed E-state index contributed by atoms with van der Waals surface area (Å²) >= 11 is 5.83. The Hall–Kier alpha value is -1.21. The van der Waals surface area contributed by atoms with E-state index in [0.29, 0.717) is 5.06 Å². The molecule has 2 rings (SSSR count). The molecule has 0 atom stereocenters. The molecule has 0 spiro atoms. The van der Waals surface area contributed by atoms with Crippen LogP contribution in [0.2, 0.25) is 0 Å². The van der Waals surface area contributed by atoms with E-state index in [-0.39, 0.29) is 11.1 Å². The van der Waals surface area contributed by atoms with E-state index in [1.54, 1.807) is 12.1 Å². The molecule has 7 heteroatoms. The van der Waals surface area contributed by atoms with Crippen LogP contribution in [-0.4, -0.2) is 26.6 Å². The van der Waals surface area contributed by atoms with Crippen molar-refractivity contribution in [3.8, 4) is 0 Å². The molecule has 1 aliphatic rings. The normalized spacial score (nSPS) is 14.2. The zero-order valence-corrected chi connectivity index (χ0v) is 11.4. The smallest absolute Gasteiger partial charge is 0.327 e. The van der Waals surface area contributed by atoms with Gasteiger partial charge in [0.05, 0.1) is 11.1 Å². The average molecular weight is 363 g/mol. The van der Waals surface area contributed by atoms with Gasteiger partial charge in [-0.15, -0.1) is 0 Å². The van der Waals surface area contributed by atoms with Crippen LogP contribution in [0.15, 0.2) is 24.3 Å². The molecule has 1 aliphatic heterocycles. The van der Waals surface area contributed by atoms with Crippen LogP contribution < -0.4 is 0 Å². The Balaban J connectivity index is 2.28. The molecule has 0 N–H and O–H groups in total. The van der Waals surface area contributed by atoms with E-state index < -0.39 is 21.5 Å². The maximum Gasteiger partial charge on any atom is 0.357 e. The summed E-state index contributed by atoms with van der Waals surface area (Å²) < 4.78 is -0.778. The summed E-state index contributed by atoms with van der Waals surface area (Å²) in [7, 11) is 0. The van der Waals surface area contributed by atoms with Crippen LogP contribution in [0.1, 0.15) is 20.7 Å². The van der Waals surface area contributed by atoms with Gasteiger partial charge in [-0.25, -0.2) is 4.79 Å². The van der Waals surface area contributed by atoms with Crippen molar-refractivity contribution < 1.29 is 19.2 Å². The Kier molecular flexibility index (Phi) is 3.30. The van der Waals surface area contributed by atoms with Gasteiger partial charge in [-0.2, -0.15) is 0 Å². The minimum Gasteiger partial charge on any atom is -0.327 e. The molecule has 2 amide bonds. The van der Waals surface area contributed by atoms with E-state index in [4.69, 9.17) is 0 Å². The summed E-state index contributed by atoms with van der Waals surface area (Å²) in [5.41, 5.74) is 0.456. The van der Waals surface area contributed by atoms with Crippen molar-refractivity contribution in [1.29, 1.82) is 0 Å². The second-order valence-electron chi connectivity index (χ2n) is 3.16. The molecule has 88 valence electrons. The molecule has 0 aromatic heterocycles. The minimum atomic E-state index is -0.778. The highest BCUT2D eigenvalue weighted by molar-refractivity contribution is 9.25. The molecule has 0 saturated heterocycles. The number of nitrogens with zero attached hydrogens (tertiary/aromatic N) is 1. The van der Waals surface area contributed by atoms with E-state index >= 15 is 0 Å². The quantitative estimate of drug-likeness (QED) is 0.595. The third-order valence-corrected chi connectivity index (χ3v) is 2.86. The number of carbonyl (C=O) groups is 3. The monoisotopic (exact) mass is 361 g/mol. The molecular weight excluding hydrogens is 358 g/mol. The van der Waals surface area contributed by atoms with Crippen molar-refractivity contribution in [2.24, 2.45) is 0 Å². The highest BCUT2D eigenvalue weighted by Crippen LogP contribution is 2.23. The fourth-order valence-electron chi connectivity index (χ4n) is 1.38. The number of hydrogen-bond acceptors (Lipinski definition) is 4. The first kappa shape index (κ1) is 12.3. The summed E-state index contributed by atoms with van der Waals surface area (Å²) in [5, 5.41) is 0.461. The van der Waals surface area contributed by atoms with Crippen molar-refractivity contribution in [2.45, 2.75) is 3.74 Å². The summed E-state index contributed by atoms with van der Waals surface area (Å²) in [6.07, 6.45) is 0. The molecule has 1 heterocycles. The number of hydroxylamine groups is 2. The molecule has 0 saturated carbocycles. The number of benzene rings is 1. The number of hydrogen-bond donors (Lipinski definition) is 0. The van der Waals surface area contributed by atoms with Gasteiger partial charge in [-0.1, -0.05) is 49.1 Å². The van der Waals surface area contributed by atoms with Crippen molar-refractivity contribution in [1.82, 2.24) is 5.06 Å². The summed E-state index contributed by atoms with van der Waals surface area (Å²) in [4.78, 5) is 39.5. The van der Waals surface area contributed by atoms with E-state index in [9.17, 15) is 14.4 Å². The first-order chi connectivity index (χ1) is 8.02. The van der Waals surface area contributed by atoms with E-state index in [2.05, 4.69) is 36.7 Å². The highest BCUT2D eigenvalue weighted by Gasteiger charge is 2.39. The predicted molar refractivity (Wildman–Crippen MR) is 64.7 cm³/mol. The number of amides is 2. The molecule has 1 aromatic rings. The van der Waals surface area contributed by atoms with Gasteiger partial charge in [0.2, 0.25) is 0 Å². The number of alkyl halides is 2. The molecule has 5 nitrogen and oxygen atoms in total. The Labute approximate surface area is 113 Å². The van der Waals surface area contributed by atoms with Crippen molar-refractivity contribution >= 4 is 49.6 Å². The van der Waals surface area contributed by atoms with Crippen molar-refractivity contribution in [3.63, 3.8) is 0 Å². The number of carbonyl (C=O) groups excluding carboxylic acids is 3. The van der Waals surface area contributed by atoms with Crippen LogP contribution in [0.5, 0.6) is 0 Å². The molecule has 0 aliphatic carbocycles. The average Bonchev–Trinajstić information content (AvgIpc) is 2.55. The van der Waals surface area contributed by atoms with Gasteiger partial charge in [0.15, 0.2) is 3.74 Å². The van der Waals surface area contributed by atoms with Gasteiger partial charge in [-0.05, 0) is 12.1 Å². The zero-order valence-electron chi connectivity index (χ0n) is 8.22. The van der Waals surface area contributed by atoms with Crippen molar-refractivity contribution in [3.05, 3.63) is 35.4 Å². The van der Waals surface area contributed by atoms with Gasteiger partial charge in [0.1, 0.15) is 0 Å². The standard InChI is InChI=1S/C10H5Br2NO4/c11-7(12)10(16)17-13-8(14)5-3-1-2-4-6(5)9(13)15/h1-4,7H. The minimum absolute atomic E-state index is 0.228. The lowest BCUT2D eigenvalue weighted by molar-refractivity contribution is -0.165. The number of halogens is 2. The third kappa shape index (κ3) is 2.12.